The van der Waals surface area contributed by atoms with Crippen molar-refractivity contribution in [2.45, 2.75) is 4.90 Å². The van der Waals surface area contributed by atoms with Gasteiger partial charge in [0.25, 0.3) is 5.69 Å². The Hall–Kier alpha value is -3.37. The van der Waals surface area contributed by atoms with Gasteiger partial charge in [0.05, 0.1) is 15.5 Å². The Morgan fingerprint density at radius 3 is 2.29 bits per heavy atom. The van der Waals surface area contributed by atoms with Crippen LogP contribution in [0.5, 0.6) is 5.88 Å². The molecule has 1 N–H and O–H groups in total. The van der Waals surface area contributed by atoms with E-state index in [9.17, 15) is 18.5 Å². The summed E-state index contributed by atoms with van der Waals surface area (Å²) in [6, 6.07) is 17.6. The first-order valence-electron chi connectivity index (χ1n) is 8.22. The zero-order valence-corrected chi connectivity index (χ0v) is 15.4. The van der Waals surface area contributed by atoms with E-state index in [1.54, 1.807) is 12.1 Å². The van der Waals surface area contributed by atoms with Gasteiger partial charge in [-0.25, -0.2) is 13.1 Å². The van der Waals surface area contributed by atoms with Gasteiger partial charge in [0.2, 0.25) is 15.9 Å². The number of aromatic nitrogens is 2. The Balaban J connectivity index is 1.51. The van der Waals surface area contributed by atoms with Crippen LogP contribution in [0.1, 0.15) is 0 Å². The topological polar surface area (TPSA) is 124 Å². The van der Waals surface area contributed by atoms with E-state index in [1.807, 2.05) is 30.3 Å². The van der Waals surface area contributed by atoms with Crippen LogP contribution in [0.15, 0.2) is 71.6 Å². The smallest absolute Gasteiger partial charge is 0.269 e. The Kier molecular flexibility index (Phi) is 5.92. The van der Waals surface area contributed by atoms with E-state index in [1.165, 1.54) is 12.1 Å². The summed E-state index contributed by atoms with van der Waals surface area (Å²) < 4.78 is 32.1. The van der Waals surface area contributed by atoms with Crippen molar-refractivity contribution in [1.29, 1.82) is 0 Å². The Morgan fingerprint density at radius 1 is 0.964 bits per heavy atom. The monoisotopic (exact) mass is 400 g/mol. The number of ether oxygens (including phenoxy) is 1. The van der Waals surface area contributed by atoms with E-state index in [0.29, 0.717) is 5.69 Å². The summed E-state index contributed by atoms with van der Waals surface area (Å²) >= 11 is 0. The fourth-order valence-electron chi connectivity index (χ4n) is 2.32. The molecule has 0 unspecified atom stereocenters. The molecule has 0 fully saturated rings. The van der Waals surface area contributed by atoms with Crippen molar-refractivity contribution in [2.24, 2.45) is 0 Å². The number of nitro benzene ring substituents is 1. The molecule has 28 heavy (non-hydrogen) atoms. The summed E-state index contributed by atoms with van der Waals surface area (Å²) in [4.78, 5) is 9.96. The lowest BCUT2D eigenvalue weighted by molar-refractivity contribution is -0.384. The molecule has 0 atom stereocenters. The van der Waals surface area contributed by atoms with Crippen molar-refractivity contribution in [3.05, 3.63) is 76.8 Å². The van der Waals surface area contributed by atoms with Crippen LogP contribution in [0.3, 0.4) is 0 Å². The third-order valence-corrected chi connectivity index (χ3v) is 5.19. The molecule has 0 aliphatic rings. The maximum Gasteiger partial charge on any atom is 0.269 e. The first-order valence-corrected chi connectivity index (χ1v) is 9.70. The quantitative estimate of drug-likeness (QED) is 0.350. The molecule has 0 aliphatic heterocycles. The fraction of sp³-hybridized carbons (Fsp3) is 0.111. The van der Waals surface area contributed by atoms with Crippen LogP contribution in [0, 0.1) is 10.1 Å². The van der Waals surface area contributed by atoms with Crippen molar-refractivity contribution >= 4 is 15.7 Å². The third-order valence-electron chi connectivity index (χ3n) is 3.71. The number of nitrogens with one attached hydrogen (secondary N) is 1. The molecule has 0 aliphatic carbocycles. The average molecular weight is 400 g/mol. The first kappa shape index (κ1) is 19.4. The lowest BCUT2D eigenvalue weighted by Gasteiger charge is -2.08. The van der Waals surface area contributed by atoms with E-state index in [4.69, 9.17) is 4.74 Å². The molecule has 2 aromatic carbocycles. The van der Waals surface area contributed by atoms with Crippen LogP contribution in [-0.4, -0.2) is 36.7 Å². The second-order valence-electron chi connectivity index (χ2n) is 5.62. The molecular weight excluding hydrogens is 384 g/mol. The minimum absolute atomic E-state index is 0.00143. The molecule has 0 amide bonds. The number of non-ortho nitro benzene ring substituents is 1. The molecule has 0 spiro atoms. The molecule has 0 saturated carbocycles. The first-order chi connectivity index (χ1) is 13.5. The SMILES string of the molecule is O=[N+]([O-])c1ccc(S(=O)(=O)NCCOc2ccc(-c3ccccc3)nn2)cc1. The summed E-state index contributed by atoms with van der Waals surface area (Å²) in [5.74, 6) is 0.272. The highest BCUT2D eigenvalue weighted by atomic mass is 32.2. The van der Waals surface area contributed by atoms with Crippen molar-refractivity contribution in [2.75, 3.05) is 13.2 Å². The summed E-state index contributed by atoms with van der Waals surface area (Å²) in [5.41, 5.74) is 1.45. The molecule has 144 valence electrons. The van der Waals surface area contributed by atoms with Gasteiger partial charge in [0.15, 0.2) is 0 Å². The molecule has 0 bridgehead atoms. The van der Waals surface area contributed by atoms with Gasteiger partial charge >= 0.3 is 0 Å². The highest BCUT2D eigenvalue weighted by molar-refractivity contribution is 7.89. The largest absolute Gasteiger partial charge is 0.475 e. The zero-order chi connectivity index (χ0) is 20.0. The van der Waals surface area contributed by atoms with Crippen molar-refractivity contribution in [3.63, 3.8) is 0 Å². The summed E-state index contributed by atoms with van der Waals surface area (Å²) in [6.45, 7) is 0.0486. The minimum atomic E-state index is -3.79. The predicted molar refractivity (Wildman–Crippen MR) is 101 cm³/mol. The number of hydrogen-bond donors (Lipinski definition) is 1. The summed E-state index contributed by atoms with van der Waals surface area (Å²) in [7, 11) is -3.79. The normalized spacial score (nSPS) is 11.1. The zero-order valence-electron chi connectivity index (χ0n) is 14.6. The highest BCUT2D eigenvalue weighted by Gasteiger charge is 2.15. The van der Waals surface area contributed by atoms with Crippen molar-refractivity contribution in [1.82, 2.24) is 14.9 Å². The second kappa shape index (κ2) is 8.55. The van der Waals surface area contributed by atoms with E-state index < -0.39 is 14.9 Å². The van der Waals surface area contributed by atoms with Crippen LogP contribution in [0.2, 0.25) is 0 Å². The van der Waals surface area contributed by atoms with Crippen LogP contribution >= 0.6 is 0 Å². The molecule has 3 aromatic rings. The molecule has 1 heterocycles. The number of benzene rings is 2. The number of rotatable bonds is 8. The van der Waals surface area contributed by atoms with E-state index in [0.717, 1.165) is 17.7 Å². The standard InChI is InChI=1S/C18H16N4O5S/c23-22(24)15-6-8-16(9-7-15)28(25,26)19-12-13-27-18-11-10-17(20-21-18)14-4-2-1-3-5-14/h1-11,19H,12-13H2. The van der Waals surface area contributed by atoms with Gasteiger partial charge in [0.1, 0.15) is 6.61 Å². The molecular formula is C18H16N4O5S. The molecule has 0 saturated heterocycles. The Labute approximate surface area is 161 Å². The molecule has 3 rings (SSSR count). The van der Waals surface area contributed by atoms with Gasteiger partial charge in [-0.1, -0.05) is 30.3 Å². The molecule has 0 radical (unpaired) electrons. The van der Waals surface area contributed by atoms with E-state index >= 15 is 0 Å². The maximum atomic E-state index is 12.2. The fourth-order valence-corrected chi connectivity index (χ4v) is 3.33. The second-order valence-corrected chi connectivity index (χ2v) is 7.39. The average Bonchev–Trinajstić information content (AvgIpc) is 2.72. The van der Waals surface area contributed by atoms with Crippen molar-refractivity contribution < 1.29 is 18.1 Å². The molecule has 9 nitrogen and oxygen atoms in total. The van der Waals surface area contributed by atoms with Crippen LogP contribution in [-0.2, 0) is 10.0 Å². The van der Waals surface area contributed by atoms with E-state index in [-0.39, 0.29) is 29.6 Å². The van der Waals surface area contributed by atoms with Gasteiger partial charge < -0.3 is 4.74 Å². The number of nitrogens with zero attached hydrogens (tertiary/aromatic N) is 3. The van der Waals surface area contributed by atoms with Crippen LogP contribution in [0.25, 0.3) is 11.3 Å². The Bertz CT molecular complexity index is 1040. The lowest BCUT2D eigenvalue weighted by Crippen LogP contribution is -2.28. The third kappa shape index (κ3) is 4.87. The van der Waals surface area contributed by atoms with Gasteiger partial charge in [-0.05, 0) is 18.2 Å². The summed E-state index contributed by atoms with van der Waals surface area (Å²) in [6.07, 6.45) is 0. The van der Waals surface area contributed by atoms with Gasteiger partial charge in [-0.3, -0.25) is 10.1 Å². The number of sulfonamides is 1. The van der Waals surface area contributed by atoms with Gasteiger partial charge in [0, 0.05) is 30.3 Å². The molecule has 10 heteroatoms. The number of nitro groups is 1. The molecule has 1 aromatic heterocycles. The maximum absolute atomic E-state index is 12.2. The lowest BCUT2D eigenvalue weighted by atomic mass is 10.1. The van der Waals surface area contributed by atoms with Gasteiger partial charge in [-0.2, -0.15) is 0 Å². The predicted octanol–water partition coefficient (Wildman–Crippen LogP) is 2.41. The van der Waals surface area contributed by atoms with E-state index in [2.05, 4.69) is 14.9 Å². The van der Waals surface area contributed by atoms with Crippen molar-refractivity contribution in [3.8, 4) is 17.1 Å². The highest BCUT2D eigenvalue weighted by Crippen LogP contribution is 2.17. The summed E-state index contributed by atoms with van der Waals surface area (Å²) in [5, 5.41) is 18.7. The Morgan fingerprint density at radius 2 is 1.68 bits per heavy atom. The van der Waals surface area contributed by atoms with Gasteiger partial charge in [-0.15, -0.1) is 10.2 Å². The van der Waals surface area contributed by atoms with Crippen LogP contribution in [0.4, 0.5) is 5.69 Å². The minimum Gasteiger partial charge on any atom is -0.475 e. The number of hydrogen-bond acceptors (Lipinski definition) is 7. The van der Waals surface area contributed by atoms with Crippen LogP contribution < -0.4 is 9.46 Å².